The molecule has 0 radical (unpaired) electrons. The zero-order valence-electron chi connectivity index (χ0n) is 22.1. The van der Waals surface area contributed by atoms with Gasteiger partial charge in [0.05, 0.1) is 12.7 Å². The Labute approximate surface area is 214 Å². The van der Waals surface area contributed by atoms with Crippen molar-refractivity contribution in [2.24, 2.45) is 0 Å². The largest absolute Gasteiger partial charge is 0.497 e. The normalized spacial score (nSPS) is 12.2. The number of rotatable bonds is 10. The standard InChI is InChI=1S/C30H37NO5/c1-20(12-10-11-15-25(32)36-30(3,4)5)31-29(33)26-21(2)35-28(23-13-8-7-9-14-23)27(26)22-16-18-24(34-6)19-17-22/h7-9,13-14,16-20H,10-12,15H2,1-6H3,(H,31,33)/t20-/m1/s1. The summed E-state index contributed by atoms with van der Waals surface area (Å²) in [7, 11) is 1.63. The summed E-state index contributed by atoms with van der Waals surface area (Å²) in [4.78, 5) is 25.4. The number of carbonyl (C=O) groups excluding carboxylic acids is 2. The van der Waals surface area contributed by atoms with E-state index in [9.17, 15) is 9.59 Å². The lowest BCUT2D eigenvalue weighted by Crippen LogP contribution is -2.33. The van der Waals surface area contributed by atoms with Crippen LogP contribution in [0.25, 0.3) is 22.5 Å². The Hall–Kier alpha value is -3.54. The summed E-state index contributed by atoms with van der Waals surface area (Å²) in [6.45, 7) is 9.39. The molecule has 3 rings (SSSR count). The second kappa shape index (κ2) is 11.9. The van der Waals surface area contributed by atoms with E-state index in [1.54, 1.807) is 7.11 Å². The van der Waals surface area contributed by atoms with Crippen molar-refractivity contribution in [1.82, 2.24) is 5.32 Å². The minimum atomic E-state index is -0.471. The molecule has 0 fully saturated rings. The molecule has 6 heteroatoms. The number of unbranched alkanes of at least 4 members (excludes halogenated alkanes) is 1. The molecular formula is C30H37NO5. The van der Waals surface area contributed by atoms with Gasteiger partial charge in [0.15, 0.2) is 0 Å². The molecule has 1 heterocycles. The van der Waals surface area contributed by atoms with Crippen LogP contribution < -0.4 is 10.1 Å². The van der Waals surface area contributed by atoms with Gasteiger partial charge >= 0.3 is 5.97 Å². The number of carbonyl (C=O) groups is 2. The van der Waals surface area contributed by atoms with Gasteiger partial charge in [-0.25, -0.2) is 0 Å². The molecule has 1 aromatic heterocycles. The predicted molar refractivity (Wildman–Crippen MR) is 142 cm³/mol. The molecule has 0 aliphatic rings. The van der Waals surface area contributed by atoms with E-state index < -0.39 is 5.60 Å². The highest BCUT2D eigenvalue weighted by Crippen LogP contribution is 2.39. The Balaban J connectivity index is 1.75. The first kappa shape index (κ1) is 27.1. The molecule has 1 atom stereocenters. The number of nitrogens with one attached hydrogen (secondary N) is 1. The topological polar surface area (TPSA) is 77.8 Å². The smallest absolute Gasteiger partial charge is 0.306 e. The maximum absolute atomic E-state index is 13.5. The third-order valence-electron chi connectivity index (χ3n) is 5.79. The first-order valence-corrected chi connectivity index (χ1v) is 12.4. The number of methoxy groups -OCH3 is 1. The number of esters is 1. The van der Waals surface area contributed by atoms with E-state index in [4.69, 9.17) is 13.9 Å². The Morgan fingerprint density at radius 2 is 1.64 bits per heavy atom. The first-order valence-electron chi connectivity index (χ1n) is 12.4. The third kappa shape index (κ3) is 7.23. The highest BCUT2D eigenvalue weighted by Gasteiger charge is 2.26. The van der Waals surface area contributed by atoms with Gasteiger partial charge in [0, 0.05) is 23.6 Å². The maximum atomic E-state index is 13.5. The van der Waals surface area contributed by atoms with Crippen molar-refractivity contribution < 1.29 is 23.5 Å². The third-order valence-corrected chi connectivity index (χ3v) is 5.79. The molecule has 0 bridgehead atoms. The number of aryl methyl sites for hydroxylation is 1. The fourth-order valence-electron chi connectivity index (χ4n) is 4.12. The zero-order valence-corrected chi connectivity index (χ0v) is 22.1. The quantitative estimate of drug-likeness (QED) is 0.245. The van der Waals surface area contributed by atoms with Gasteiger partial charge in [0.2, 0.25) is 0 Å². The fraction of sp³-hybridized carbons (Fsp3) is 0.400. The van der Waals surface area contributed by atoms with Crippen molar-refractivity contribution in [3.05, 3.63) is 65.9 Å². The molecule has 36 heavy (non-hydrogen) atoms. The molecule has 0 saturated carbocycles. The monoisotopic (exact) mass is 491 g/mol. The SMILES string of the molecule is COc1ccc(-c2c(-c3ccccc3)oc(C)c2C(=O)N[C@H](C)CCCCC(=O)OC(C)(C)C)cc1. The zero-order chi connectivity index (χ0) is 26.3. The van der Waals surface area contributed by atoms with Crippen LogP contribution in [0, 0.1) is 6.92 Å². The highest BCUT2D eigenvalue weighted by molar-refractivity contribution is 6.05. The van der Waals surface area contributed by atoms with Gasteiger partial charge in [0.1, 0.15) is 22.9 Å². The van der Waals surface area contributed by atoms with Crippen molar-refractivity contribution in [3.63, 3.8) is 0 Å². The lowest BCUT2D eigenvalue weighted by atomic mass is 9.96. The average Bonchev–Trinajstić information content (AvgIpc) is 3.18. The predicted octanol–water partition coefficient (Wildman–Crippen LogP) is 6.95. The van der Waals surface area contributed by atoms with Gasteiger partial charge in [-0.05, 0) is 65.2 Å². The molecule has 0 aliphatic carbocycles. The molecule has 0 saturated heterocycles. The van der Waals surface area contributed by atoms with E-state index in [-0.39, 0.29) is 17.9 Å². The van der Waals surface area contributed by atoms with Gasteiger partial charge in [0.25, 0.3) is 5.91 Å². The second-order valence-electron chi connectivity index (χ2n) is 10.0. The van der Waals surface area contributed by atoms with Crippen LogP contribution in [-0.4, -0.2) is 30.6 Å². The van der Waals surface area contributed by atoms with Crippen LogP contribution in [0.5, 0.6) is 5.75 Å². The van der Waals surface area contributed by atoms with E-state index in [1.807, 2.05) is 89.2 Å². The van der Waals surface area contributed by atoms with E-state index >= 15 is 0 Å². The summed E-state index contributed by atoms with van der Waals surface area (Å²) in [5.74, 6) is 1.60. The van der Waals surface area contributed by atoms with Gasteiger partial charge in [-0.15, -0.1) is 0 Å². The number of amides is 1. The summed E-state index contributed by atoms with van der Waals surface area (Å²) in [5, 5.41) is 3.12. The molecule has 0 spiro atoms. The van der Waals surface area contributed by atoms with Crippen LogP contribution in [-0.2, 0) is 9.53 Å². The van der Waals surface area contributed by atoms with Crippen molar-refractivity contribution in [2.75, 3.05) is 7.11 Å². The van der Waals surface area contributed by atoms with Crippen LogP contribution in [0.4, 0.5) is 0 Å². The molecule has 1 amide bonds. The summed E-state index contributed by atoms with van der Waals surface area (Å²) in [6.07, 6.45) is 2.66. The molecule has 6 nitrogen and oxygen atoms in total. The van der Waals surface area contributed by atoms with Crippen LogP contribution in [0.1, 0.15) is 69.5 Å². The van der Waals surface area contributed by atoms with Crippen molar-refractivity contribution in [3.8, 4) is 28.2 Å². The van der Waals surface area contributed by atoms with E-state index in [0.29, 0.717) is 23.5 Å². The molecule has 192 valence electrons. The molecule has 3 aromatic rings. The number of furan rings is 1. The van der Waals surface area contributed by atoms with E-state index in [0.717, 1.165) is 41.7 Å². The molecule has 2 aromatic carbocycles. The van der Waals surface area contributed by atoms with Gasteiger partial charge in [-0.3, -0.25) is 9.59 Å². The minimum absolute atomic E-state index is 0.0608. The Morgan fingerprint density at radius 3 is 2.25 bits per heavy atom. The van der Waals surface area contributed by atoms with E-state index in [1.165, 1.54) is 0 Å². The number of ether oxygens (including phenoxy) is 2. The average molecular weight is 492 g/mol. The van der Waals surface area contributed by atoms with Crippen LogP contribution in [0.2, 0.25) is 0 Å². The highest BCUT2D eigenvalue weighted by atomic mass is 16.6. The van der Waals surface area contributed by atoms with Crippen molar-refractivity contribution >= 4 is 11.9 Å². The summed E-state index contributed by atoms with van der Waals surface area (Å²) < 4.78 is 16.8. The summed E-state index contributed by atoms with van der Waals surface area (Å²) in [5.41, 5.74) is 2.60. The van der Waals surface area contributed by atoms with Crippen molar-refractivity contribution in [2.45, 2.75) is 71.9 Å². The number of benzene rings is 2. The molecule has 0 aliphatic heterocycles. The fourth-order valence-corrected chi connectivity index (χ4v) is 4.12. The Bertz CT molecular complexity index is 1160. The number of hydrogen-bond donors (Lipinski definition) is 1. The maximum Gasteiger partial charge on any atom is 0.306 e. The van der Waals surface area contributed by atoms with Gasteiger partial charge < -0.3 is 19.2 Å². The van der Waals surface area contributed by atoms with Gasteiger partial charge in [-0.1, -0.05) is 48.9 Å². The van der Waals surface area contributed by atoms with Crippen LogP contribution in [0.15, 0.2) is 59.0 Å². The number of hydrogen-bond acceptors (Lipinski definition) is 5. The van der Waals surface area contributed by atoms with E-state index in [2.05, 4.69) is 5.32 Å². The van der Waals surface area contributed by atoms with Crippen LogP contribution in [0.3, 0.4) is 0 Å². The molecular weight excluding hydrogens is 454 g/mol. The minimum Gasteiger partial charge on any atom is -0.497 e. The second-order valence-corrected chi connectivity index (χ2v) is 10.0. The molecule has 0 unspecified atom stereocenters. The van der Waals surface area contributed by atoms with Crippen molar-refractivity contribution in [1.29, 1.82) is 0 Å². The summed E-state index contributed by atoms with van der Waals surface area (Å²) in [6, 6.07) is 17.4. The van der Waals surface area contributed by atoms with Gasteiger partial charge in [-0.2, -0.15) is 0 Å². The summed E-state index contributed by atoms with van der Waals surface area (Å²) >= 11 is 0. The first-order chi connectivity index (χ1) is 17.1. The van der Waals surface area contributed by atoms with Crippen LogP contribution >= 0.6 is 0 Å². The lowest BCUT2D eigenvalue weighted by Gasteiger charge is -2.19. The Morgan fingerprint density at radius 1 is 0.972 bits per heavy atom. The molecule has 1 N–H and O–H groups in total. The Kier molecular flexibility index (Phi) is 8.97. The lowest BCUT2D eigenvalue weighted by molar-refractivity contribution is -0.154.